The zero-order chi connectivity index (χ0) is 20.3. The monoisotopic (exact) mass is 384 g/mol. The highest BCUT2D eigenvalue weighted by atomic mass is 16.6. The van der Waals surface area contributed by atoms with Gasteiger partial charge in [-0.3, -0.25) is 9.59 Å². The summed E-state index contributed by atoms with van der Waals surface area (Å²) in [6.07, 6.45) is 4.69. The van der Waals surface area contributed by atoms with Gasteiger partial charge in [-0.2, -0.15) is 0 Å². The number of ether oxygens (including phenoxy) is 1. The van der Waals surface area contributed by atoms with Crippen LogP contribution in [0.3, 0.4) is 0 Å². The summed E-state index contributed by atoms with van der Waals surface area (Å²) in [6.45, 7) is 9.23. The average molecular weight is 385 g/mol. The molecule has 1 saturated heterocycles. The molecule has 1 aliphatic heterocycles. The molecule has 0 spiro atoms. The number of hydrogen-bond donors (Lipinski definition) is 1. The van der Waals surface area contributed by atoms with Gasteiger partial charge in [0.2, 0.25) is 5.91 Å². The number of para-hydroxylation sites is 1. The van der Waals surface area contributed by atoms with Gasteiger partial charge in [0.15, 0.2) is 0 Å². The number of carbonyl (C=O) groups excluding carboxylic acids is 2. The van der Waals surface area contributed by atoms with Gasteiger partial charge < -0.3 is 14.6 Å². The number of likely N-dealkylation sites (tertiary alicyclic amines) is 1. The fraction of sp³-hybridized carbons (Fsp3) is 0.565. The molecule has 0 radical (unpaired) electrons. The number of nitrogens with zero attached hydrogens (tertiary/aromatic N) is 1. The zero-order valence-electron chi connectivity index (χ0n) is 17.5. The van der Waals surface area contributed by atoms with Crippen LogP contribution in [0.2, 0.25) is 0 Å². The lowest BCUT2D eigenvalue weighted by molar-refractivity contribution is -0.157. The molecule has 0 bridgehead atoms. The second kappa shape index (κ2) is 8.38. The van der Waals surface area contributed by atoms with Crippen LogP contribution >= 0.6 is 0 Å². The minimum atomic E-state index is -0.471. The number of amides is 1. The van der Waals surface area contributed by atoms with Crippen LogP contribution in [0.15, 0.2) is 30.5 Å². The molecule has 0 unspecified atom stereocenters. The van der Waals surface area contributed by atoms with Crippen molar-refractivity contribution in [2.24, 2.45) is 11.8 Å². The number of rotatable bonds is 5. The largest absolute Gasteiger partial charge is 0.460 e. The van der Waals surface area contributed by atoms with Crippen molar-refractivity contribution >= 4 is 22.8 Å². The average Bonchev–Trinajstić information content (AvgIpc) is 3.02. The van der Waals surface area contributed by atoms with Crippen molar-refractivity contribution in [3.05, 3.63) is 36.0 Å². The number of H-pyrrole nitrogens is 1. The maximum Gasteiger partial charge on any atom is 0.306 e. The Kier molecular flexibility index (Phi) is 6.11. The quantitative estimate of drug-likeness (QED) is 0.781. The Labute approximate surface area is 167 Å². The molecule has 0 saturated carbocycles. The van der Waals surface area contributed by atoms with Gasteiger partial charge in [-0.15, -0.1) is 0 Å². The zero-order valence-corrected chi connectivity index (χ0v) is 17.5. The third kappa shape index (κ3) is 5.15. The first-order valence-electron chi connectivity index (χ1n) is 10.3. The molecule has 0 aliphatic carbocycles. The number of aromatic amines is 1. The highest BCUT2D eigenvalue weighted by Gasteiger charge is 2.31. The number of nitrogens with one attached hydrogen (secondary N) is 1. The molecule has 2 aromatic rings. The molecule has 3 rings (SSSR count). The summed E-state index contributed by atoms with van der Waals surface area (Å²) in [4.78, 5) is 30.5. The van der Waals surface area contributed by atoms with E-state index < -0.39 is 5.60 Å². The lowest BCUT2D eigenvalue weighted by Crippen LogP contribution is -2.45. The third-order valence-electron chi connectivity index (χ3n) is 5.45. The lowest BCUT2D eigenvalue weighted by atomic mass is 9.85. The third-order valence-corrected chi connectivity index (χ3v) is 5.45. The maximum absolute atomic E-state index is 13.0. The van der Waals surface area contributed by atoms with Crippen LogP contribution in [0.5, 0.6) is 0 Å². The minimum Gasteiger partial charge on any atom is -0.460 e. The van der Waals surface area contributed by atoms with Crippen LogP contribution in [0.1, 0.15) is 52.5 Å². The Morgan fingerprint density at radius 1 is 1.18 bits per heavy atom. The highest BCUT2D eigenvalue weighted by Crippen LogP contribution is 2.28. The molecule has 1 aromatic carbocycles. The number of piperidine rings is 1. The van der Waals surface area contributed by atoms with Gasteiger partial charge in [0.25, 0.3) is 0 Å². The summed E-state index contributed by atoms with van der Waals surface area (Å²) in [5, 5.41) is 1.10. The molecular formula is C23H32N2O3. The van der Waals surface area contributed by atoms with Crippen LogP contribution in [-0.4, -0.2) is 40.5 Å². The van der Waals surface area contributed by atoms with E-state index in [-0.39, 0.29) is 17.8 Å². The van der Waals surface area contributed by atoms with Crippen molar-refractivity contribution < 1.29 is 14.3 Å². The molecule has 28 heavy (non-hydrogen) atoms. The first-order chi connectivity index (χ1) is 13.2. The molecule has 2 atom stereocenters. The lowest BCUT2D eigenvalue weighted by Gasteiger charge is -2.37. The Balaban J connectivity index is 1.66. The van der Waals surface area contributed by atoms with E-state index in [1.165, 1.54) is 0 Å². The van der Waals surface area contributed by atoms with Crippen molar-refractivity contribution in [1.82, 2.24) is 9.88 Å². The molecule has 1 fully saturated rings. The van der Waals surface area contributed by atoms with E-state index in [9.17, 15) is 9.59 Å². The van der Waals surface area contributed by atoms with Gasteiger partial charge in [-0.1, -0.05) is 31.5 Å². The van der Waals surface area contributed by atoms with Crippen LogP contribution in [0.25, 0.3) is 10.9 Å². The summed E-state index contributed by atoms with van der Waals surface area (Å²) in [6, 6.07) is 8.05. The summed E-state index contributed by atoms with van der Waals surface area (Å²) in [5.41, 5.74) is 1.61. The van der Waals surface area contributed by atoms with E-state index in [4.69, 9.17) is 4.74 Å². The summed E-state index contributed by atoms with van der Waals surface area (Å²) < 4.78 is 5.49. The first-order valence-corrected chi connectivity index (χ1v) is 10.3. The molecule has 1 aliphatic rings. The molecule has 1 amide bonds. The van der Waals surface area contributed by atoms with Gasteiger partial charge in [0.1, 0.15) is 5.60 Å². The van der Waals surface area contributed by atoms with Gasteiger partial charge >= 0.3 is 5.97 Å². The van der Waals surface area contributed by atoms with Crippen molar-refractivity contribution in [2.45, 2.75) is 59.0 Å². The molecular weight excluding hydrogens is 352 g/mol. The second-order valence-corrected chi connectivity index (χ2v) is 9.00. The van der Waals surface area contributed by atoms with E-state index in [0.717, 1.165) is 35.9 Å². The molecule has 2 heterocycles. The highest BCUT2D eigenvalue weighted by molar-refractivity contribution is 5.89. The fourth-order valence-electron chi connectivity index (χ4n) is 4.14. The van der Waals surface area contributed by atoms with E-state index in [1.54, 1.807) is 0 Å². The van der Waals surface area contributed by atoms with Crippen LogP contribution in [0.4, 0.5) is 0 Å². The second-order valence-electron chi connectivity index (χ2n) is 9.00. The molecule has 5 nitrogen and oxygen atoms in total. The topological polar surface area (TPSA) is 62.4 Å². The van der Waals surface area contributed by atoms with Crippen molar-refractivity contribution in [3.8, 4) is 0 Å². The smallest absolute Gasteiger partial charge is 0.306 e. The molecule has 1 aromatic heterocycles. The Morgan fingerprint density at radius 2 is 1.89 bits per heavy atom. The van der Waals surface area contributed by atoms with Gasteiger partial charge in [0.05, 0.1) is 12.8 Å². The van der Waals surface area contributed by atoms with Crippen LogP contribution in [0, 0.1) is 11.8 Å². The Morgan fingerprint density at radius 3 is 2.61 bits per heavy atom. The number of fused-ring (bicyclic) bond motifs is 1. The number of aromatic nitrogens is 1. The Bertz CT molecular complexity index is 834. The fourth-order valence-corrected chi connectivity index (χ4v) is 4.14. The van der Waals surface area contributed by atoms with Gasteiger partial charge in [0, 0.05) is 30.2 Å². The molecule has 5 heteroatoms. The number of benzene rings is 1. The summed E-state index contributed by atoms with van der Waals surface area (Å²) >= 11 is 0. The first kappa shape index (κ1) is 20.4. The predicted octanol–water partition coefficient (Wildman–Crippen LogP) is 4.32. The van der Waals surface area contributed by atoms with Gasteiger partial charge in [-0.05, 0) is 50.7 Å². The standard InChI is InChI=1S/C23H32N2O3/c1-5-16-10-17(11-22(27)28-23(2,3)4)15-25(14-16)21(26)12-18-13-24-20-9-7-6-8-19(18)20/h6-9,13,16-17,24H,5,10-12,14-15H2,1-4H3/t16-,17-/m1/s1. The van der Waals surface area contributed by atoms with E-state index >= 15 is 0 Å². The summed E-state index contributed by atoms with van der Waals surface area (Å²) in [5.74, 6) is 0.573. The SMILES string of the molecule is CC[C@@H]1C[C@H](CC(=O)OC(C)(C)C)CN(C(=O)Cc2c[nH]c3ccccc23)C1. The minimum absolute atomic E-state index is 0.136. The number of carbonyl (C=O) groups is 2. The van der Waals surface area contributed by atoms with E-state index in [1.807, 2.05) is 56.1 Å². The van der Waals surface area contributed by atoms with Crippen LogP contribution in [-0.2, 0) is 20.7 Å². The van der Waals surface area contributed by atoms with Crippen molar-refractivity contribution in [2.75, 3.05) is 13.1 Å². The number of esters is 1. The van der Waals surface area contributed by atoms with E-state index in [0.29, 0.717) is 25.3 Å². The van der Waals surface area contributed by atoms with Crippen molar-refractivity contribution in [3.63, 3.8) is 0 Å². The van der Waals surface area contributed by atoms with E-state index in [2.05, 4.69) is 11.9 Å². The van der Waals surface area contributed by atoms with Crippen molar-refractivity contribution in [1.29, 1.82) is 0 Å². The van der Waals surface area contributed by atoms with Crippen LogP contribution < -0.4 is 0 Å². The normalized spacial score (nSPS) is 20.4. The Hall–Kier alpha value is -2.30. The van der Waals surface area contributed by atoms with Gasteiger partial charge in [-0.25, -0.2) is 0 Å². The number of hydrogen-bond acceptors (Lipinski definition) is 3. The molecule has 152 valence electrons. The molecule has 1 N–H and O–H groups in total. The maximum atomic E-state index is 13.0. The summed E-state index contributed by atoms with van der Waals surface area (Å²) in [7, 11) is 0. The predicted molar refractivity (Wildman–Crippen MR) is 111 cm³/mol.